The van der Waals surface area contributed by atoms with Crippen LogP contribution in [-0.4, -0.2) is 23.4 Å². The van der Waals surface area contributed by atoms with Crippen molar-refractivity contribution >= 4 is 18.3 Å². The highest BCUT2D eigenvalue weighted by molar-refractivity contribution is 5.85. The summed E-state index contributed by atoms with van der Waals surface area (Å²) < 4.78 is 0. The van der Waals surface area contributed by atoms with Crippen LogP contribution >= 0.6 is 12.4 Å². The van der Waals surface area contributed by atoms with Crippen LogP contribution in [0.2, 0.25) is 0 Å². The zero-order valence-corrected chi connectivity index (χ0v) is 15.4. The Morgan fingerprint density at radius 3 is 2.39 bits per heavy atom. The Bertz CT molecular complexity index is 484. The van der Waals surface area contributed by atoms with Crippen LogP contribution in [-0.2, 0) is 11.3 Å². The Kier molecular flexibility index (Phi) is 7.56. The lowest BCUT2D eigenvalue weighted by molar-refractivity contribution is -0.134. The molecule has 2 N–H and O–H groups in total. The van der Waals surface area contributed by atoms with Crippen molar-refractivity contribution in [3.8, 4) is 0 Å². The number of benzene rings is 1. The molecule has 0 spiro atoms. The molecule has 1 aliphatic carbocycles. The zero-order chi connectivity index (χ0) is 16.2. The fourth-order valence-corrected chi connectivity index (χ4v) is 3.28. The Balaban J connectivity index is 0.00000264. The summed E-state index contributed by atoms with van der Waals surface area (Å²) in [6.07, 6.45) is 3.93. The van der Waals surface area contributed by atoms with E-state index in [2.05, 4.69) is 32.9 Å². The van der Waals surface area contributed by atoms with E-state index in [-0.39, 0.29) is 29.8 Å². The SMILES string of the molecule is CC(C)(C)CN(Cc1ccccc1)C(=O)C[C@@H]1CCC[C@H]1N.Cl. The summed E-state index contributed by atoms with van der Waals surface area (Å²) in [6.45, 7) is 8.01. The topological polar surface area (TPSA) is 46.3 Å². The Morgan fingerprint density at radius 1 is 1.22 bits per heavy atom. The van der Waals surface area contributed by atoms with Gasteiger partial charge >= 0.3 is 0 Å². The summed E-state index contributed by atoms with van der Waals surface area (Å²) >= 11 is 0. The van der Waals surface area contributed by atoms with Crippen molar-refractivity contribution in [2.45, 2.75) is 59.0 Å². The highest BCUT2D eigenvalue weighted by Gasteiger charge is 2.29. The van der Waals surface area contributed by atoms with Crippen molar-refractivity contribution in [1.82, 2.24) is 4.90 Å². The van der Waals surface area contributed by atoms with E-state index in [0.717, 1.165) is 25.8 Å². The highest BCUT2D eigenvalue weighted by atomic mass is 35.5. The molecule has 0 aromatic heterocycles. The average Bonchev–Trinajstić information content (AvgIpc) is 2.83. The van der Waals surface area contributed by atoms with Crippen LogP contribution in [0.25, 0.3) is 0 Å². The quantitative estimate of drug-likeness (QED) is 0.882. The first kappa shape index (κ1) is 20.0. The van der Waals surface area contributed by atoms with Gasteiger partial charge in [0.05, 0.1) is 0 Å². The molecule has 1 fully saturated rings. The largest absolute Gasteiger partial charge is 0.338 e. The third-order valence-corrected chi connectivity index (χ3v) is 4.39. The molecule has 1 aromatic carbocycles. The first-order valence-electron chi connectivity index (χ1n) is 8.42. The fraction of sp³-hybridized carbons (Fsp3) is 0.632. The monoisotopic (exact) mass is 338 g/mol. The van der Waals surface area contributed by atoms with Crippen LogP contribution in [0.3, 0.4) is 0 Å². The van der Waals surface area contributed by atoms with Gasteiger partial charge in [-0.05, 0) is 29.7 Å². The van der Waals surface area contributed by atoms with E-state index in [1.54, 1.807) is 0 Å². The second-order valence-corrected chi connectivity index (χ2v) is 7.86. The van der Waals surface area contributed by atoms with Gasteiger partial charge in [0.1, 0.15) is 0 Å². The summed E-state index contributed by atoms with van der Waals surface area (Å²) in [5.74, 6) is 0.617. The number of hydrogen-bond donors (Lipinski definition) is 1. The number of rotatable bonds is 5. The smallest absolute Gasteiger partial charge is 0.223 e. The molecule has 4 heteroatoms. The van der Waals surface area contributed by atoms with E-state index in [0.29, 0.717) is 18.9 Å². The molecule has 1 amide bonds. The molecule has 2 atom stereocenters. The summed E-state index contributed by atoms with van der Waals surface area (Å²) in [6, 6.07) is 10.5. The molecule has 3 nitrogen and oxygen atoms in total. The fourth-order valence-electron chi connectivity index (χ4n) is 3.28. The average molecular weight is 339 g/mol. The van der Waals surface area contributed by atoms with Crippen LogP contribution in [0.1, 0.15) is 52.0 Å². The second-order valence-electron chi connectivity index (χ2n) is 7.86. The normalized spacial score (nSPS) is 20.9. The van der Waals surface area contributed by atoms with Gasteiger partial charge in [0.15, 0.2) is 0 Å². The Morgan fingerprint density at radius 2 is 1.87 bits per heavy atom. The first-order valence-corrected chi connectivity index (χ1v) is 8.42. The molecular formula is C19H31ClN2O. The molecule has 1 saturated carbocycles. The first-order chi connectivity index (χ1) is 10.3. The van der Waals surface area contributed by atoms with Gasteiger partial charge in [-0.1, -0.05) is 57.5 Å². The standard InChI is InChI=1S/C19H30N2O.ClH/c1-19(2,3)14-21(13-15-8-5-4-6-9-15)18(22)12-16-10-7-11-17(16)20;/h4-6,8-9,16-17H,7,10-14,20H2,1-3H3;1H/t16-,17+;/m0./s1. The van der Waals surface area contributed by atoms with E-state index in [1.807, 2.05) is 23.1 Å². The van der Waals surface area contributed by atoms with Gasteiger partial charge in [0.25, 0.3) is 0 Å². The van der Waals surface area contributed by atoms with Gasteiger partial charge < -0.3 is 10.6 Å². The Hall–Kier alpha value is -1.06. The maximum atomic E-state index is 12.8. The number of amides is 1. The molecule has 0 unspecified atom stereocenters. The molecule has 0 bridgehead atoms. The lowest BCUT2D eigenvalue weighted by Gasteiger charge is -2.31. The minimum atomic E-state index is 0. The summed E-state index contributed by atoms with van der Waals surface area (Å²) in [5.41, 5.74) is 7.43. The number of carbonyl (C=O) groups excluding carboxylic acids is 1. The number of nitrogens with two attached hydrogens (primary N) is 1. The third kappa shape index (κ3) is 6.52. The van der Waals surface area contributed by atoms with Crippen molar-refractivity contribution in [2.24, 2.45) is 17.1 Å². The van der Waals surface area contributed by atoms with Crippen LogP contribution in [0.15, 0.2) is 30.3 Å². The molecular weight excluding hydrogens is 308 g/mol. The zero-order valence-electron chi connectivity index (χ0n) is 14.6. The minimum Gasteiger partial charge on any atom is -0.338 e. The molecule has 0 saturated heterocycles. The minimum absolute atomic E-state index is 0. The maximum Gasteiger partial charge on any atom is 0.223 e. The molecule has 2 rings (SSSR count). The lowest BCUT2D eigenvalue weighted by atomic mass is 9.94. The van der Waals surface area contributed by atoms with Gasteiger partial charge in [-0.3, -0.25) is 4.79 Å². The highest BCUT2D eigenvalue weighted by Crippen LogP contribution is 2.28. The van der Waals surface area contributed by atoms with Gasteiger partial charge in [-0.2, -0.15) is 0 Å². The molecule has 130 valence electrons. The molecule has 0 aliphatic heterocycles. The summed E-state index contributed by atoms with van der Waals surface area (Å²) in [7, 11) is 0. The lowest BCUT2D eigenvalue weighted by Crippen LogP contribution is -2.39. The Labute approximate surface area is 147 Å². The van der Waals surface area contributed by atoms with Gasteiger partial charge in [-0.25, -0.2) is 0 Å². The summed E-state index contributed by atoms with van der Waals surface area (Å²) in [4.78, 5) is 14.8. The maximum absolute atomic E-state index is 12.8. The predicted octanol–water partition coefficient (Wildman–Crippen LogP) is 4.00. The number of halogens is 1. The number of hydrogen-bond acceptors (Lipinski definition) is 2. The molecule has 1 aromatic rings. The predicted molar refractivity (Wildman–Crippen MR) is 98.5 cm³/mol. The second kappa shape index (κ2) is 8.70. The van der Waals surface area contributed by atoms with E-state index in [9.17, 15) is 4.79 Å². The van der Waals surface area contributed by atoms with E-state index >= 15 is 0 Å². The van der Waals surface area contributed by atoms with Crippen molar-refractivity contribution in [2.75, 3.05) is 6.54 Å². The van der Waals surface area contributed by atoms with Crippen LogP contribution in [0.5, 0.6) is 0 Å². The van der Waals surface area contributed by atoms with Gasteiger partial charge in [0, 0.05) is 25.6 Å². The third-order valence-electron chi connectivity index (χ3n) is 4.39. The summed E-state index contributed by atoms with van der Waals surface area (Å²) in [5, 5.41) is 0. The van der Waals surface area contributed by atoms with Crippen molar-refractivity contribution in [3.63, 3.8) is 0 Å². The number of carbonyl (C=O) groups is 1. The molecule has 1 aliphatic rings. The van der Waals surface area contributed by atoms with E-state index in [4.69, 9.17) is 5.73 Å². The molecule has 0 heterocycles. The van der Waals surface area contributed by atoms with Crippen LogP contribution in [0, 0.1) is 11.3 Å². The van der Waals surface area contributed by atoms with Crippen molar-refractivity contribution in [1.29, 1.82) is 0 Å². The van der Waals surface area contributed by atoms with Crippen molar-refractivity contribution < 1.29 is 4.79 Å². The van der Waals surface area contributed by atoms with Crippen LogP contribution in [0.4, 0.5) is 0 Å². The molecule has 23 heavy (non-hydrogen) atoms. The van der Waals surface area contributed by atoms with E-state index in [1.165, 1.54) is 5.56 Å². The van der Waals surface area contributed by atoms with E-state index < -0.39 is 0 Å². The number of nitrogens with zero attached hydrogens (tertiary/aromatic N) is 1. The molecule has 0 radical (unpaired) electrons. The van der Waals surface area contributed by atoms with Crippen molar-refractivity contribution in [3.05, 3.63) is 35.9 Å². The van der Waals surface area contributed by atoms with Crippen LogP contribution < -0.4 is 5.73 Å². The van der Waals surface area contributed by atoms with Gasteiger partial charge in [0.2, 0.25) is 5.91 Å². The van der Waals surface area contributed by atoms with Gasteiger partial charge in [-0.15, -0.1) is 12.4 Å².